The minimum absolute atomic E-state index is 0.0810. The molecule has 2 aromatic rings. The molecule has 0 aliphatic carbocycles. The Morgan fingerprint density at radius 3 is 2.38 bits per heavy atom. The molecule has 0 saturated carbocycles. The lowest BCUT2D eigenvalue weighted by Crippen LogP contribution is -2.54. The molecule has 0 bridgehead atoms. The third-order valence-corrected chi connectivity index (χ3v) is 6.00. The van der Waals surface area contributed by atoms with Crippen molar-refractivity contribution in [2.45, 2.75) is 13.0 Å². The van der Waals surface area contributed by atoms with Crippen molar-refractivity contribution in [2.75, 3.05) is 51.4 Å². The van der Waals surface area contributed by atoms with Crippen LogP contribution in [-0.2, 0) is 9.59 Å². The van der Waals surface area contributed by atoms with E-state index < -0.39 is 6.10 Å². The maximum atomic E-state index is 12.9. The minimum atomic E-state index is -0.680. The van der Waals surface area contributed by atoms with Gasteiger partial charge < -0.3 is 29.2 Å². The van der Waals surface area contributed by atoms with E-state index in [0.29, 0.717) is 60.4 Å². The van der Waals surface area contributed by atoms with Gasteiger partial charge in [-0.1, -0.05) is 12.1 Å². The zero-order valence-corrected chi connectivity index (χ0v) is 18.7. The molecule has 0 radical (unpaired) electrons. The second-order valence-corrected chi connectivity index (χ2v) is 8.32. The Labute approximate surface area is 196 Å². The molecular weight excluding hydrogens is 442 g/mol. The summed E-state index contributed by atoms with van der Waals surface area (Å²) >= 11 is 0. The first-order valence-corrected chi connectivity index (χ1v) is 11.1. The first-order valence-electron chi connectivity index (χ1n) is 11.1. The Kier molecular flexibility index (Phi) is 5.97. The molecule has 0 spiro atoms. The molecule has 3 heterocycles. The van der Waals surface area contributed by atoms with E-state index in [1.54, 1.807) is 23.1 Å². The van der Waals surface area contributed by atoms with Crippen LogP contribution in [0.15, 0.2) is 36.4 Å². The molecule has 1 atom stereocenters. The molecule has 0 aromatic heterocycles. The summed E-state index contributed by atoms with van der Waals surface area (Å²) < 4.78 is 22.2. The van der Waals surface area contributed by atoms with Crippen LogP contribution < -0.4 is 24.3 Å². The van der Waals surface area contributed by atoms with E-state index in [4.69, 9.17) is 18.9 Å². The Hall–Kier alpha value is -3.79. The summed E-state index contributed by atoms with van der Waals surface area (Å²) in [5.41, 5.74) is 0.759. The fourth-order valence-corrected chi connectivity index (χ4v) is 4.20. The van der Waals surface area contributed by atoms with Gasteiger partial charge in [-0.15, -0.1) is 0 Å². The lowest BCUT2D eigenvalue weighted by Gasteiger charge is -2.36. The zero-order valence-electron chi connectivity index (χ0n) is 18.7. The van der Waals surface area contributed by atoms with Crippen molar-refractivity contribution in [2.24, 2.45) is 0 Å². The van der Waals surface area contributed by atoms with Crippen molar-refractivity contribution in [3.05, 3.63) is 42.0 Å². The molecule has 1 N–H and O–H groups in total. The third kappa shape index (κ3) is 4.49. The van der Waals surface area contributed by atoms with Gasteiger partial charge >= 0.3 is 0 Å². The van der Waals surface area contributed by atoms with Gasteiger partial charge in [-0.25, -0.2) is 0 Å². The van der Waals surface area contributed by atoms with Gasteiger partial charge in [-0.3, -0.25) is 19.3 Å². The standard InChI is InChI=1S/C24H25N3O7/c1-15(28)16-10-20-21(33-14-32-20)11-17(16)25-23(29)12-26-6-8-27(9-7-26)24(30)22-13-31-18-4-2-3-5-19(18)34-22/h2-5,10-11,22H,6-9,12-14H2,1H3,(H,25,29). The summed E-state index contributed by atoms with van der Waals surface area (Å²) in [7, 11) is 0. The van der Waals surface area contributed by atoms with Gasteiger partial charge in [0.1, 0.15) is 6.61 Å². The van der Waals surface area contributed by atoms with Crippen LogP contribution in [0.1, 0.15) is 17.3 Å². The summed E-state index contributed by atoms with van der Waals surface area (Å²) in [5.74, 6) is 1.63. The van der Waals surface area contributed by atoms with E-state index in [1.807, 2.05) is 23.1 Å². The topological polar surface area (TPSA) is 107 Å². The lowest BCUT2D eigenvalue weighted by molar-refractivity contribution is -0.143. The second-order valence-electron chi connectivity index (χ2n) is 8.32. The van der Waals surface area contributed by atoms with Crippen molar-refractivity contribution in [1.29, 1.82) is 0 Å². The van der Waals surface area contributed by atoms with E-state index in [-0.39, 0.29) is 37.5 Å². The molecule has 10 nitrogen and oxygen atoms in total. The SMILES string of the molecule is CC(=O)c1cc2c(cc1NC(=O)CN1CCN(C(=O)C3COc4ccccc4O3)CC1)OCO2. The number of nitrogens with zero attached hydrogens (tertiary/aromatic N) is 2. The first kappa shape index (κ1) is 22.0. The van der Waals surface area contributed by atoms with Crippen molar-refractivity contribution >= 4 is 23.3 Å². The van der Waals surface area contributed by atoms with Crippen LogP contribution in [0, 0.1) is 0 Å². The number of carbonyl (C=O) groups excluding carboxylic acids is 3. The monoisotopic (exact) mass is 467 g/mol. The molecule has 34 heavy (non-hydrogen) atoms. The quantitative estimate of drug-likeness (QED) is 0.660. The number of Topliss-reactive ketones (excluding diaryl/α,β-unsaturated/α-hetero) is 1. The van der Waals surface area contributed by atoms with E-state index >= 15 is 0 Å². The first-order chi connectivity index (χ1) is 16.5. The lowest BCUT2D eigenvalue weighted by atomic mass is 10.1. The molecule has 1 unspecified atom stereocenters. The van der Waals surface area contributed by atoms with Gasteiger partial charge in [0.05, 0.1) is 12.2 Å². The summed E-state index contributed by atoms with van der Waals surface area (Å²) in [6.07, 6.45) is -0.680. The van der Waals surface area contributed by atoms with Crippen molar-refractivity contribution in [1.82, 2.24) is 9.80 Å². The van der Waals surface area contributed by atoms with Gasteiger partial charge in [0.2, 0.25) is 18.8 Å². The molecule has 5 rings (SSSR count). The molecule has 1 fully saturated rings. The van der Waals surface area contributed by atoms with Crippen LogP contribution in [0.25, 0.3) is 0 Å². The Bertz CT molecular complexity index is 1130. The summed E-state index contributed by atoms with van der Waals surface area (Å²) in [6.45, 7) is 3.89. The van der Waals surface area contributed by atoms with Gasteiger partial charge in [0.25, 0.3) is 5.91 Å². The zero-order chi connectivity index (χ0) is 23.7. The molecule has 3 aliphatic heterocycles. The van der Waals surface area contributed by atoms with Crippen LogP contribution >= 0.6 is 0 Å². The highest BCUT2D eigenvalue weighted by Gasteiger charge is 2.33. The predicted octanol–water partition coefficient (Wildman–Crippen LogP) is 1.54. The highest BCUT2D eigenvalue weighted by atomic mass is 16.7. The summed E-state index contributed by atoms with van der Waals surface area (Å²) in [6, 6.07) is 10.5. The molecule has 10 heteroatoms. The van der Waals surface area contributed by atoms with Crippen LogP contribution in [0.3, 0.4) is 0 Å². The largest absolute Gasteiger partial charge is 0.485 e. The number of amides is 2. The highest BCUT2D eigenvalue weighted by molar-refractivity contribution is 6.05. The van der Waals surface area contributed by atoms with Crippen molar-refractivity contribution in [3.8, 4) is 23.0 Å². The molecule has 2 aromatic carbocycles. The van der Waals surface area contributed by atoms with E-state index in [9.17, 15) is 14.4 Å². The molecule has 1 saturated heterocycles. The van der Waals surface area contributed by atoms with Crippen molar-refractivity contribution < 1.29 is 33.3 Å². The normalized spacial score (nSPS) is 19.0. The summed E-state index contributed by atoms with van der Waals surface area (Å²) in [5, 5.41) is 2.81. The van der Waals surface area contributed by atoms with Gasteiger partial charge in [-0.05, 0) is 25.1 Å². The number of piperazine rings is 1. The highest BCUT2D eigenvalue weighted by Crippen LogP contribution is 2.37. The molecule has 178 valence electrons. The number of hydrogen-bond donors (Lipinski definition) is 1. The number of para-hydroxylation sites is 2. The number of rotatable bonds is 5. The number of hydrogen-bond acceptors (Lipinski definition) is 8. The van der Waals surface area contributed by atoms with Gasteiger partial charge in [-0.2, -0.15) is 0 Å². The maximum Gasteiger partial charge on any atom is 0.267 e. The number of carbonyl (C=O) groups is 3. The molecule has 2 amide bonds. The minimum Gasteiger partial charge on any atom is -0.485 e. The number of fused-ring (bicyclic) bond motifs is 2. The third-order valence-electron chi connectivity index (χ3n) is 6.00. The molecule has 3 aliphatic rings. The van der Waals surface area contributed by atoms with Gasteiger partial charge in [0, 0.05) is 37.8 Å². The van der Waals surface area contributed by atoms with E-state index in [2.05, 4.69) is 5.32 Å². The number of ketones is 1. The average molecular weight is 467 g/mol. The fourth-order valence-electron chi connectivity index (χ4n) is 4.20. The fraction of sp³-hybridized carbons (Fsp3) is 0.375. The van der Waals surface area contributed by atoms with Crippen LogP contribution in [0.4, 0.5) is 5.69 Å². The Morgan fingerprint density at radius 2 is 1.65 bits per heavy atom. The second kappa shape index (κ2) is 9.22. The van der Waals surface area contributed by atoms with E-state index in [1.165, 1.54) is 6.92 Å². The number of nitrogens with one attached hydrogen (secondary N) is 1. The Balaban J connectivity index is 1.14. The maximum absolute atomic E-state index is 12.9. The van der Waals surface area contributed by atoms with Crippen LogP contribution in [0.5, 0.6) is 23.0 Å². The number of ether oxygens (including phenoxy) is 4. The average Bonchev–Trinajstić information content (AvgIpc) is 3.30. The molecular formula is C24H25N3O7. The van der Waals surface area contributed by atoms with E-state index in [0.717, 1.165) is 0 Å². The summed E-state index contributed by atoms with van der Waals surface area (Å²) in [4.78, 5) is 41.3. The Morgan fingerprint density at radius 1 is 0.941 bits per heavy atom. The van der Waals surface area contributed by atoms with Gasteiger partial charge in [0.15, 0.2) is 28.8 Å². The predicted molar refractivity (Wildman–Crippen MR) is 121 cm³/mol. The van der Waals surface area contributed by atoms with Crippen LogP contribution in [0.2, 0.25) is 0 Å². The van der Waals surface area contributed by atoms with Crippen molar-refractivity contribution in [3.63, 3.8) is 0 Å². The number of anilines is 1. The number of benzene rings is 2. The smallest absolute Gasteiger partial charge is 0.267 e. The van der Waals surface area contributed by atoms with Crippen LogP contribution in [-0.4, -0.2) is 79.6 Å².